The van der Waals surface area contributed by atoms with Crippen molar-refractivity contribution < 1.29 is 4.42 Å². The molecule has 4 nitrogen and oxygen atoms in total. The minimum atomic E-state index is 0.708. The number of piperidine rings is 1. The number of aryl methyl sites for hydroxylation is 1. The van der Waals surface area contributed by atoms with Crippen molar-refractivity contribution in [3.8, 4) is 0 Å². The van der Waals surface area contributed by atoms with Gasteiger partial charge in [0.05, 0.1) is 5.69 Å². The molecule has 0 spiro atoms. The normalized spacial score (nSPS) is 21.3. The van der Waals surface area contributed by atoms with Crippen LogP contribution in [0.15, 0.2) is 10.7 Å². The number of nitrogens with two attached hydrogens (primary N) is 1. The molecule has 1 aromatic heterocycles. The molecule has 0 aromatic carbocycles. The summed E-state index contributed by atoms with van der Waals surface area (Å²) in [5, 5.41) is 0. The molecule has 18 heavy (non-hydrogen) atoms. The monoisotopic (exact) mass is 251 g/mol. The molecule has 0 radical (unpaired) electrons. The molecule has 2 N–H and O–H groups in total. The topological polar surface area (TPSA) is 55.3 Å². The first-order chi connectivity index (χ1) is 8.81. The van der Waals surface area contributed by atoms with Gasteiger partial charge in [0.15, 0.2) is 5.89 Å². The first-order valence-corrected chi connectivity index (χ1v) is 7.17. The Labute approximate surface area is 110 Å². The van der Waals surface area contributed by atoms with E-state index in [1.807, 2.05) is 0 Å². The van der Waals surface area contributed by atoms with Crippen LogP contribution < -0.4 is 5.73 Å². The van der Waals surface area contributed by atoms with Gasteiger partial charge in [-0.1, -0.05) is 6.92 Å². The van der Waals surface area contributed by atoms with Crippen molar-refractivity contribution in [2.24, 2.45) is 11.7 Å². The quantitative estimate of drug-likeness (QED) is 0.838. The molecule has 4 heteroatoms. The van der Waals surface area contributed by atoms with Crippen LogP contribution >= 0.6 is 0 Å². The molecule has 2 rings (SSSR count). The molecular formula is C14H25N3O. The second kappa shape index (κ2) is 6.90. The van der Waals surface area contributed by atoms with Crippen LogP contribution in [0.1, 0.15) is 37.8 Å². The van der Waals surface area contributed by atoms with Crippen LogP contribution in [0.3, 0.4) is 0 Å². The molecular weight excluding hydrogens is 226 g/mol. The Balaban J connectivity index is 1.83. The van der Waals surface area contributed by atoms with Crippen molar-refractivity contribution in [2.45, 2.75) is 39.0 Å². The average molecular weight is 251 g/mol. The number of nitrogens with zero attached hydrogens (tertiary/aromatic N) is 2. The van der Waals surface area contributed by atoms with Crippen molar-refractivity contribution in [3.05, 3.63) is 17.8 Å². The smallest absolute Gasteiger partial charge is 0.194 e. The van der Waals surface area contributed by atoms with E-state index in [0.29, 0.717) is 5.92 Å². The highest BCUT2D eigenvalue weighted by atomic mass is 16.3. The van der Waals surface area contributed by atoms with Gasteiger partial charge in [0.25, 0.3) is 0 Å². The Morgan fingerprint density at radius 1 is 1.56 bits per heavy atom. The molecule has 1 saturated heterocycles. The third kappa shape index (κ3) is 3.82. The minimum absolute atomic E-state index is 0.708. The molecule has 1 fully saturated rings. The van der Waals surface area contributed by atoms with E-state index in [9.17, 15) is 0 Å². The summed E-state index contributed by atoms with van der Waals surface area (Å²) in [6.45, 7) is 6.55. The van der Waals surface area contributed by atoms with Crippen molar-refractivity contribution >= 4 is 0 Å². The van der Waals surface area contributed by atoms with E-state index in [4.69, 9.17) is 10.2 Å². The number of hydrogen-bond acceptors (Lipinski definition) is 4. The molecule has 2 heterocycles. The summed E-state index contributed by atoms with van der Waals surface area (Å²) in [7, 11) is 0. The number of likely N-dealkylation sites (tertiary alicyclic amines) is 1. The number of rotatable bonds is 6. The van der Waals surface area contributed by atoms with Crippen LogP contribution in [0.4, 0.5) is 0 Å². The van der Waals surface area contributed by atoms with E-state index in [0.717, 1.165) is 43.9 Å². The Hall–Kier alpha value is -0.870. The maximum Gasteiger partial charge on any atom is 0.194 e. The summed E-state index contributed by atoms with van der Waals surface area (Å²) >= 11 is 0. The summed E-state index contributed by atoms with van der Waals surface area (Å²) < 4.78 is 5.56. The minimum Gasteiger partial charge on any atom is -0.449 e. The Bertz CT molecular complexity index is 351. The van der Waals surface area contributed by atoms with Crippen molar-refractivity contribution in [2.75, 3.05) is 26.2 Å². The summed E-state index contributed by atoms with van der Waals surface area (Å²) in [6.07, 6.45) is 7.31. The third-order valence-electron chi connectivity index (χ3n) is 3.75. The standard InChI is InChI=1S/C14H25N3O/c1-2-17-8-4-5-12(10-17)9-14-16-13(11-18-14)6-3-7-15/h11-12H,2-10,15H2,1H3. The maximum atomic E-state index is 5.56. The molecule has 0 saturated carbocycles. The maximum absolute atomic E-state index is 5.56. The van der Waals surface area contributed by atoms with Gasteiger partial charge in [-0.2, -0.15) is 0 Å². The lowest BCUT2D eigenvalue weighted by atomic mass is 9.95. The van der Waals surface area contributed by atoms with Crippen molar-refractivity contribution in [1.82, 2.24) is 9.88 Å². The van der Waals surface area contributed by atoms with Crippen LogP contribution in [-0.4, -0.2) is 36.1 Å². The van der Waals surface area contributed by atoms with E-state index >= 15 is 0 Å². The third-order valence-corrected chi connectivity index (χ3v) is 3.75. The molecule has 1 aromatic rings. The fraction of sp³-hybridized carbons (Fsp3) is 0.786. The molecule has 1 aliphatic rings. The van der Waals surface area contributed by atoms with Crippen molar-refractivity contribution in [1.29, 1.82) is 0 Å². The van der Waals surface area contributed by atoms with Crippen LogP contribution in [0.25, 0.3) is 0 Å². The molecule has 102 valence electrons. The summed E-state index contributed by atoms with van der Waals surface area (Å²) in [5.41, 5.74) is 6.55. The largest absolute Gasteiger partial charge is 0.449 e. The van der Waals surface area contributed by atoms with E-state index in [1.54, 1.807) is 6.26 Å². The van der Waals surface area contributed by atoms with Gasteiger partial charge in [0, 0.05) is 13.0 Å². The SMILES string of the molecule is CCN1CCCC(Cc2nc(CCCN)co2)C1. The summed E-state index contributed by atoms with van der Waals surface area (Å²) in [4.78, 5) is 7.07. The van der Waals surface area contributed by atoms with E-state index in [2.05, 4.69) is 16.8 Å². The fourth-order valence-corrected chi connectivity index (χ4v) is 2.69. The van der Waals surface area contributed by atoms with Gasteiger partial charge in [-0.05, 0) is 51.2 Å². The second-order valence-corrected chi connectivity index (χ2v) is 5.23. The van der Waals surface area contributed by atoms with Gasteiger partial charge in [-0.3, -0.25) is 0 Å². The fourth-order valence-electron chi connectivity index (χ4n) is 2.69. The van der Waals surface area contributed by atoms with Gasteiger partial charge in [0.1, 0.15) is 6.26 Å². The first kappa shape index (κ1) is 13.6. The van der Waals surface area contributed by atoms with Crippen LogP contribution in [0, 0.1) is 5.92 Å². The molecule has 0 bridgehead atoms. The lowest BCUT2D eigenvalue weighted by molar-refractivity contribution is 0.176. The summed E-state index contributed by atoms with van der Waals surface area (Å²) in [5.74, 6) is 1.62. The zero-order valence-corrected chi connectivity index (χ0v) is 11.4. The van der Waals surface area contributed by atoms with Crippen molar-refractivity contribution in [3.63, 3.8) is 0 Å². The van der Waals surface area contributed by atoms with E-state index in [1.165, 1.54) is 25.9 Å². The van der Waals surface area contributed by atoms with Gasteiger partial charge in [-0.25, -0.2) is 4.98 Å². The number of aromatic nitrogens is 1. The lowest BCUT2D eigenvalue weighted by Gasteiger charge is -2.31. The summed E-state index contributed by atoms with van der Waals surface area (Å²) in [6, 6.07) is 0. The molecule has 1 atom stereocenters. The van der Waals surface area contributed by atoms with E-state index < -0.39 is 0 Å². The highest BCUT2D eigenvalue weighted by Gasteiger charge is 2.20. The molecule has 1 aliphatic heterocycles. The second-order valence-electron chi connectivity index (χ2n) is 5.23. The van der Waals surface area contributed by atoms with Gasteiger partial charge < -0.3 is 15.1 Å². The Morgan fingerprint density at radius 3 is 3.22 bits per heavy atom. The molecule has 0 amide bonds. The molecule has 0 aliphatic carbocycles. The van der Waals surface area contributed by atoms with Gasteiger partial charge >= 0.3 is 0 Å². The van der Waals surface area contributed by atoms with Gasteiger partial charge in [-0.15, -0.1) is 0 Å². The average Bonchev–Trinajstić information content (AvgIpc) is 2.84. The predicted octanol–water partition coefficient (Wildman–Crippen LogP) is 1.84. The highest BCUT2D eigenvalue weighted by Crippen LogP contribution is 2.20. The molecule has 1 unspecified atom stereocenters. The van der Waals surface area contributed by atoms with Gasteiger partial charge in [0.2, 0.25) is 0 Å². The highest BCUT2D eigenvalue weighted by molar-refractivity contribution is 4.98. The number of oxazole rings is 1. The zero-order valence-electron chi connectivity index (χ0n) is 11.4. The predicted molar refractivity (Wildman–Crippen MR) is 72.4 cm³/mol. The Kier molecular flexibility index (Phi) is 5.20. The first-order valence-electron chi connectivity index (χ1n) is 7.17. The number of hydrogen-bond donors (Lipinski definition) is 1. The van der Waals surface area contributed by atoms with Crippen LogP contribution in [0.2, 0.25) is 0 Å². The van der Waals surface area contributed by atoms with Crippen LogP contribution in [-0.2, 0) is 12.8 Å². The zero-order chi connectivity index (χ0) is 12.8. The van der Waals surface area contributed by atoms with E-state index in [-0.39, 0.29) is 0 Å². The Morgan fingerprint density at radius 2 is 2.44 bits per heavy atom. The van der Waals surface area contributed by atoms with Crippen LogP contribution in [0.5, 0.6) is 0 Å². The lowest BCUT2D eigenvalue weighted by Crippen LogP contribution is -2.35.